The van der Waals surface area contributed by atoms with E-state index in [1.54, 1.807) is 17.1 Å². The van der Waals surface area contributed by atoms with Crippen molar-refractivity contribution < 1.29 is 4.39 Å². The second kappa shape index (κ2) is 6.84. The fraction of sp³-hybridized carbons (Fsp3) is 0.500. The van der Waals surface area contributed by atoms with E-state index in [4.69, 9.17) is 11.6 Å². The van der Waals surface area contributed by atoms with Gasteiger partial charge in [0.05, 0.1) is 16.9 Å². The fourth-order valence-corrected chi connectivity index (χ4v) is 3.45. The number of likely N-dealkylation sites (N-methyl/N-ethyl adjacent to an activating group) is 1. The maximum Gasteiger partial charge on any atom is 0.114 e. The van der Waals surface area contributed by atoms with E-state index in [2.05, 4.69) is 19.9 Å². The molecule has 5 nitrogen and oxygen atoms in total. The second-order valence-corrected chi connectivity index (χ2v) is 6.55. The quantitative estimate of drug-likeness (QED) is 0.840. The van der Waals surface area contributed by atoms with Gasteiger partial charge in [-0.05, 0) is 12.5 Å². The summed E-state index contributed by atoms with van der Waals surface area (Å²) >= 11 is 6.20. The summed E-state index contributed by atoms with van der Waals surface area (Å²) in [4.78, 5) is 8.27. The maximum absolute atomic E-state index is 13.9. The van der Waals surface area contributed by atoms with Gasteiger partial charge >= 0.3 is 0 Å². The smallest absolute Gasteiger partial charge is 0.114 e. The third-order valence-corrected chi connectivity index (χ3v) is 4.56. The van der Waals surface area contributed by atoms with E-state index < -0.39 is 6.17 Å². The van der Waals surface area contributed by atoms with Crippen LogP contribution in [0, 0.1) is 0 Å². The van der Waals surface area contributed by atoms with Gasteiger partial charge < -0.3 is 4.90 Å². The topological polar surface area (TPSA) is 37.2 Å². The molecule has 0 bridgehead atoms. The lowest BCUT2D eigenvalue weighted by Crippen LogP contribution is -2.38. The summed E-state index contributed by atoms with van der Waals surface area (Å²) in [5.41, 5.74) is 2.03. The SMILES string of the molecule is CN(C[C@@H]1C[C@H](F)CN1Cc1cnn(C)c1)c1ccncc1Cl. The van der Waals surface area contributed by atoms with Gasteiger partial charge in [-0.25, -0.2) is 4.39 Å². The molecule has 0 aliphatic carbocycles. The fourth-order valence-electron chi connectivity index (χ4n) is 3.19. The van der Waals surface area contributed by atoms with Crippen LogP contribution in [-0.2, 0) is 13.6 Å². The summed E-state index contributed by atoms with van der Waals surface area (Å²) in [5.74, 6) is 0. The predicted molar refractivity (Wildman–Crippen MR) is 89.4 cm³/mol. The van der Waals surface area contributed by atoms with Gasteiger partial charge in [-0.3, -0.25) is 14.6 Å². The van der Waals surface area contributed by atoms with Gasteiger partial charge in [0, 0.05) is 63.9 Å². The van der Waals surface area contributed by atoms with Gasteiger partial charge in [0.15, 0.2) is 0 Å². The molecule has 3 heterocycles. The van der Waals surface area contributed by atoms with E-state index in [0.29, 0.717) is 18.0 Å². The zero-order valence-corrected chi connectivity index (χ0v) is 14.1. The Hall–Kier alpha value is -1.66. The van der Waals surface area contributed by atoms with Crippen molar-refractivity contribution in [2.45, 2.75) is 25.2 Å². The highest BCUT2D eigenvalue weighted by atomic mass is 35.5. The van der Waals surface area contributed by atoms with Gasteiger partial charge in [-0.1, -0.05) is 11.6 Å². The molecule has 23 heavy (non-hydrogen) atoms. The lowest BCUT2D eigenvalue weighted by Gasteiger charge is -2.29. The molecule has 2 aromatic heterocycles. The Morgan fingerprint density at radius 3 is 2.96 bits per heavy atom. The van der Waals surface area contributed by atoms with Crippen molar-refractivity contribution in [1.29, 1.82) is 0 Å². The first kappa shape index (κ1) is 16.2. The molecule has 1 fully saturated rings. The molecule has 3 rings (SSSR count). The maximum atomic E-state index is 13.9. The molecule has 0 aromatic carbocycles. The number of halogens is 2. The normalized spacial score (nSPS) is 21.7. The Balaban J connectivity index is 1.68. The Labute approximate surface area is 140 Å². The van der Waals surface area contributed by atoms with Crippen LogP contribution in [0.3, 0.4) is 0 Å². The van der Waals surface area contributed by atoms with Crippen LogP contribution in [0.15, 0.2) is 30.9 Å². The number of hydrogen-bond donors (Lipinski definition) is 0. The molecule has 0 amide bonds. The van der Waals surface area contributed by atoms with Crippen molar-refractivity contribution >= 4 is 17.3 Å². The first-order chi connectivity index (χ1) is 11.0. The summed E-state index contributed by atoms with van der Waals surface area (Å²) < 4.78 is 15.7. The van der Waals surface area contributed by atoms with Gasteiger partial charge in [0.2, 0.25) is 0 Å². The average Bonchev–Trinajstić information content (AvgIpc) is 3.06. The van der Waals surface area contributed by atoms with Crippen molar-refractivity contribution in [2.75, 3.05) is 25.0 Å². The Kier molecular flexibility index (Phi) is 4.82. The number of hydrogen-bond acceptors (Lipinski definition) is 4. The molecule has 1 aliphatic heterocycles. The highest BCUT2D eigenvalue weighted by molar-refractivity contribution is 6.33. The third-order valence-electron chi connectivity index (χ3n) is 4.27. The van der Waals surface area contributed by atoms with Crippen LogP contribution in [-0.4, -0.2) is 52.0 Å². The van der Waals surface area contributed by atoms with E-state index in [9.17, 15) is 4.39 Å². The zero-order valence-electron chi connectivity index (χ0n) is 13.4. The van der Waals surface area contributed by atoms with Crippen LogP contribution >= 0.6 is 11.6 Å². The highest BCUT2D eigenvalue weighted by Crippen LogP contribution is 2.27. The first-order valence-corrected chi connectivity index (χ1v) is 8.07. The number of aromatic nitrogens is 3. The van der Waals surface area contributed by atoms with Gasteiger partial charge in [-0.15, -0.1) is 0 Å². The van der Waals surface area contributed by atoms with E-state index in [1.165, 1.54) is 0 Å². The van der Waals surface area contributed by atoms with Crippen LogP contribution in [0.4, 0.5) is 10.1 Å². The highest BCUT2D eigenvalue weighted by Gasteiger charge is 2.33. The van der Waals surface area contributed by atoms with Crippen LogP contribution in [0.2, 0.25) is 5.02 Å². The zero-order chi connectivity index (χ0) is 16.4. The number of anilines is 1. The molecular weight excluding hydrogens is 317 g/mol. The minimum Gasteiger partial charge on any atom is -0.372 e. The molecule has 124 valence electrons. The second-order valence-electron chi connectivity index (χ2n) is 6.15. The van der Waals surface area contributed by atoms with E-state index in [0.717, 1.165) is 24.3 Å². The van der Waals surface area contributed by atoms with Crippen LogP contribution < -0.4 is 4.90 Å². The molecule has 2 aromatic rings. The van der Waals surface area contributed by atoms with E-state index >= 15 is 0 Å². The molecular formula is C16H21ClFN5. The van der Waals surface area contributed by atoms with Gasteiger partial charge in [0.1, 0.15) is 6.17 Å². The molecule has 7 heteroatoms. The number of likely N-dealkylation sites (tertiary alicyclic amines) is 1. The molecule has 1 aliphatic rings. The van der Waals surface area contributed by atoms with E-state index in [1.807, 2.05) is 32.6 Å². The Bertz CT molecular complexity index is 661. The number of nitrogens with zero attached hydrogens (tertiary/aromatic N) is 5. The van der Waals surface area contributed by atoms with Crippen molar-refractivity contribution in [3.8, 4) is 0 Å². The minimum atomic E-state index is -0.780. The predicted octanol–water partition coefficient (Wildman–Crippen LogP) is 2.52. The van der Waals surface area contributed by atoms with Crippen molar-refractivity contribution in [3.63, 3.8) is 0 Å². The van der Waals surface area contributed by atoms with Crippen molar-refractivity contribution in [1.82, 2.24) is 19.7 Å². The molecule has 0 radical (unpaired) electrons. The van der Waals surface area contributed by atoms with Gasteiger partial charge in [-0.2, -0.15) is 5.10 Å². The van der Waals surface area contributed by atoms with Crippen molar-refractivity contribution in [3.05, 3.63) is 41.4 Å². The summed E-state index contributed by atoms with van der Waals surface area (Å²) in [5, 5.41) is 4.80. The molecule has 1 saturated heterocycles. The standard InChI is InChI=1S/C16H21ClFN5/c1-21(16-3-4-19-7-15(16)17)11-14-5-13(18)10-23(14)9-12-6-20-22(2)8-12/h3-4,6-8,13-14H,5,9-11H2,1-2H3/t13-,14-/m0/s1. The Morgan fingerprint density at radius 2 is 2.26 bits per heavy atom. The van der Waals surface area contributed by atoms with Gasteiger partial charge in [0.25, 0.3) is 0 Å². The summed E-state index contributed by atoms with van der Waals surface area (Å²) in [6.07, 6.45) is 6.94. The number of pyridine rings is 1. The lowest BCUT2D eigenvalue weighted by molar-refractivity contribution is 0.237. The van der Waals surface area contributed by atoms with Crippen LogP contribution in [0.25, 0.3) is 0 Å². The van der Waals surface area contributed by atoms with Crippen molar-refractivity contribution in [2.24, 2.45) is 7.05 Å². The van der Waals surface area contributed by atoms with E-state index in [-0.39, 0.29) is 6.04 Å². The summed E-state index contributed by atoms with van der Waals surface area (Å²) in [6, 6.07) is 2.04. The Morgan fingerprint density at radius 1 is 1.43 bits per heavy atom. The monoisotopic (exact) mass is 337 g/mol. The lowest BCUT2D eigenvalue weighted by atomic mass is 10.2. The summed E-state index contributed by atoms with van der Waals surface area (Å²) in [7, 11) is 3.87. The number of alkyl halides is 1. The first-order valence-electron chi connectivity index (χ1n) is 7.69. The number of aryl methyl sites for hydroxylation is 1. The molecule has 0 spiro atoms. The molecule has 2 atom stereocenters. The number of rotatable bonds is 5. The van der Waals surface area contributed by atoms with Crippen LogP contribution in [0.5, 0.6) is 0 Å². The molecule has 0 unspecified atom stereocenters. The average molecular weight is 338 g/mol. The summed E-state index contributed by atoms with van der Waals surface area (Å²) in [6.45, 7) is 1.92. The third kappa shape index (κ3) is 3.82. The van der Waals surface area contributed by atoms with Crippen LogP contribution in [0.1, 0.15) is 12.0 Å². The minimum absolute atomic E-state index is 0.152. The molecule has 0 N–H and O–H groups in total. The molecule has 0 saturated carbocycles. The largest absolute Gasteiger partial charge is 0.372 e.